The van der Waals surface area contributed by atoms with Crippen molar-refractivity contribution in [2.24, 2.45) is 11.8 Å². The highest BCUT2D eigenvalue weighted by atomic mass is 16.5. The van der Waals surface area contributed by atoms with Gasteiger partial charge in [-0.25, -0.2) is 15.8 Å². The molecule has 6 heteroatoms. The maximum Gasteiger partial charge on any atom is 0.158 e. The smallest absolute Gasteiger partial charge is 0.158 e. The highest BCUT2D eigenvalue weighted by molar-refractivity contribution is 5.50. The molecule has 6 nitrogen and oxygen atoms in total. The molecule has 0 saturated heterocycles. The minimum absolute atomic E-state index is 0.407. The molecule has 0 unspecified atom stereocenters. The Morgan fingerprint density at radius 2 is 2.16 bits per heavy atom. The van der Waals surface area contributed by atoms with E-state index < -0.39 is 0 Å². The number of ether oxygens (including phenoxy) is 1. The van der Waals surface area contributed by atoms with Crippen molar-refractivity contribution in [3.8, 4) is 0 Å². The molecule has 104 valence electrons. The van der Waals surface area contributed by atoms with Gasteiger partial charge in [0.15, 0.2) is 5.82 Å². The van der Waals surface area contributed by atoms with Gasteiger partial charge in [-0.05, 0) is 31.6 Å². The minimum Gasteiger partial charge on any atom is -0.377 e. The first-order valence-electron chi connectivity index (χ1n) is 6.90. The van der Waals surface area contributed by atoms with Gasteiger partial charge >= 0.3 is 0 Å². The third-order valence-electron chi connectivity index (χ3n) is 3.61. The minimum atomic E-state index is 0.407. The number of anilines is 2. The summed E-state index contributed by atoms with van der Waals surface area (Å²) in [6.07, 6.45) is 5.23. The zero-order chi connectivity index (χ0) is 13.2. The van der Waals surface area contributed by atoms with Crippen LogP contribution < -0.4 is 16.2 Å². The Morgan fingerprint density at radius 3 is 2.74 bits per heavy atom. The van der Waals surface area contributed by atoms with Crippen LogP contribution in [0.15, 0.2) is 6.07 Å². The first-order chi connectivity index (χ1) is 9.30. The number of nitrogens with zero attached hydrogens (tertiary/aromatic N) is 3. The second-order valence-corrected chi connectivity index (χ2v) is 5.43. The summed E-state index contributed by atoms with van der Waals surface area (Å²) in [5, 5.41) is 0. The third-order valence-corrected chi connectivity index (χ3v) is 3.61. The average molecular weight is 263 g/mol. The van der Waals surface area contributed by atoms with Crippen molar-refractivity contribution in [1.29, 1.82) is 0 Å². The molecule has 2 aliphatic carbocycles. The Morgan fingerprint density at radius 1 is 1.37 bits per heavy atom. The van der Waals surface area contributed by atoms with E-state index in [-0.39, 0.29) is 0 Å². The summed E-state index contributed by atoms with van der Waals surface area (Å²) in [6.45, 7) is 1.52. The molecule has 0 amide bonds. The van der Waals surface area contributed by atoms with E-state index >= 15 is 0 Å². The van der Waals surface area contributed by atoms with Gasteiger partial charge in [0.25, 0.3) is 0 Å². The van der Waals surface area contributed by atoms with Crippen LogP contribution in [-0.4, -0.2) is 29.7 Å². The van der Waals surface area contributed by atoms with Crippen molar-refractivity contribution in [3.05, 3.63) is 11.9 Å². The van der Waals surface area contributed by atoms with Gasteiger partial charge in [-0.3, -0.25) is 0 Å². The van der Waals surface area contributed by atoms with Gasteiger partial charge in [0.05, 0.1) is 0 Å². The number of nitrogen functional groups attached to an aromatic ring is 1. The van der Waals surface area contributed by atoms with Crippen molar-refractivity contribution in [3.63, 3.8) is 0 Å². The number of nitrogens with one attached hydrogen (secondary N) is 1. The first kappa shape index (κ1) is 12.6. The summed E-state index contributed by atoms with van der Waals surface area (Å²) in [5.74, 6) is 8.64. The molecule has 2 aliphatic rings. The Hall–Kier alpha value is -1.40. The van der Waals surface area contributed by atoms with Crippen molar-refractivity contribution >= 4 is 11.6 Å². The molecule has 0 aromatic carbocycles. The van der Waals surface area contributed by atoms with Crippen LogP contribution in [0.25, 0.3) is 0 Å². The van der Waals surface area contributed by atoms with E-state index in [0.717, 1.165) is 18.3 Å². The summed E-state index contributed by atoms with van der Waals surface area (Å²) in [5.41, 5.74) is 2.62. The molecule has 0 spiro atoms. The van der Waals surface area contributed by atoms with Gasteiger partial charge in [0, 0.05) is 25.8 Å². The van der Waals surface area contributed by atoms with E-state index in [2.05, 4.69) is 20.3 Å². The number of aromatic nitrogens is 2. The standard InChI is InChI=1S/C13H21N5O/c1-19-8-12-15-11(17-14)6-13(16-12)18(10-4-5-10)7-9-2-3-9/h6,9-10H,2-5,7-8,14H2,1H3,(H,15,16,17). The van der Waals surface area contributed by atoms with E-state index in [0.29, 0.717) is 24.3 Å². The van der Waals surface area contributed by atoms with E-state index in [4.69, 9.17) is 10.6 Å². The van der Waals surface area contributed by atoms with Gasteiger partial charge in [-0.15, -0.1) is 0 Å². The van der Waals surface area contributed by atoms with E-state index in [1.54, 1.807) is 7.11 Å². The molecule has 0 aliphatic heterocycles. The van der Waals surface area contributed by atoms with E-state index in [9.17, 15) is 0 Å². The molecule has 2 saturated carbocycles. The zero-order valence-electron chi connectivity index (χ0n) is 11.3. The predicted octanol–water partition coefficient (Wildman–Crippen LogP) is 1.29. The van der Waals surface area contributed by atoms with Crippen molar-refractivity contribution in [2.45, 2.75) is 38.3 Å². The molecular formula is C13H21N5O. The number of hydrogen-bond donors (Lipinski definition) is 2. The predicted molar refractivity (Wildman–Crippen MR) is 73.6 cm³/mol. The van der Waals surface area contributed by atoms with Crippen LogP contribution in [0.4, 0.5) is 11.6 Å². The lowest BCUT2D eigenvalue weighted by Gasteiger charge is -2.24. The number of rotatable bonds is 7. The summed E-state index contributed by atoms with van der Waals surface area (Å²) in [6, 6.07) is 2.58. The fraction of sp³-hybridized carbons (Fsp3) is 0.692. The molecule has 2 fully saturated rings. The molecule has 3 N–H and O–H groups in total. The zero-order valence-corrected chi connectivity index (χ0v) is 11.3. The molecular weight excluding hydrogens is 242 g/mol. The largest absolute Gasteiger partial charge is 0.377 e. The number of hydrazine groups is 1. The van der Waals surface area contributed by atoms with Crippen molar-refractivity contribution in [1.82, 2.24) is 9.97 Å². The van der Waals surface area contributed by atoms with Gasteiger partial charge in [-0.1, -0.05) is 0 Å². The lowest BCUT2D eigenvalue weighted by atomic mass is 10.3. The summed E-state index contributed by atoms with van der Waals surface area (Å²) >= 11 is 0. The number of methoxy groups -OCH3 is 1. The molecule has 1 aromatic heterocycles. The first-order valence-corrected chi connectivity index (χ1v) is 6.90. The van der Waals surface area contributed by atoms with Crippen LogP contribution >= 0.6 is 0 Å². The maximum atomic E-state index is 5.49. The average Bonchev–Trinajstić information content (AvgIpc) is 3.28. The third kappa shape index (κ3) is 3.13. The summed E-state index contributed by atoms with van der Waals surface area (Å²) in [4.78, 5) is 11.3. The van der Waals surface area contributed by atoms with E-state index in [1.807, 2.05) is 6.07 Å². The molecule has 1 aromatic rings. The normalized spacial score (nSPS) is 18.4. The molecule has 0 bridgehead atoms. The quantitative estimate of drug-likeness (QED) is 0.570. The van der Waals surface area contributed by atoms with Gasteiger partial charge in [0.1, 0.15) is 18.2 Å². The van der Waals surface area contributed by atoms with Crippen molar-refractivity contribution in [2.75, 3.05) is 24.0 Å². The second-order valence-electron chi connectivity index (χ2n) is 5.43. The Labute approximate surface area is 113 Å². The van der Waals surface area contributed by atoms with Crippen LogP contribution in [0, 0.1) is 5.92 Å². The van der Waals surface area contributed by atoms with Crippen LogP contribution in [0.3, 0.4) is 0 Å². The lowest BCUT2D eigenvalue weighted by Crippen LogP contribution is -2.29. The van der Waals surface area contributed by atoms with Crippen molar-refractivity contribution < 1.29 is 4.74 Å². The van der Waals surface area contributed by atoms with Gasteiger partial charge in [0.2, 0.25) is 0 Å². The molecule has 0 atom stereocenters. The Bertz CT molecular complexity index is 445. The fourth-order valence-corrected chi connectivity index (χ4v) is 2.29. The van der Waals surface area contributed by atoms with Crippen LogP contribution in [0.2, 0.25) is 0 Å². The highest BCUT2D eigenvalue weighted by Gasteiger charge is 2.34. The molecule has 3 rings (SSSR count). The molecule has 19 heavy (non-hydrogen) atoms. The van der Waals surface area contributed by atoms with Gasteiger partial charge in [-0.2, -0.15) is 0 Å². The fourth-order valence-electron chi connectivity index (χ4n) is 2.29. The number of hydrogen-bond acceptors (Lipinski definition) is 6. The lowest BCUT2D eigenvalue weighted by molar-refractivity contribution is 0.178. The van der Waals surface area contributed by atoms with Crippen LogP contribution in [-0.2, 0) is 11.3 Å². The molecule has 0 radical (unpaired) electrons. The highest BCUT2D eigenvalue weighted by Crippen LogP contribution is 2.37. The Kier molecular flexibility index (Phi) is 3.52. The summed E-state index contributed by atoms with van der Waals surface area (Å²) in [7, 11) is 1.65. The SMILES string of the molecule is COCc1nc(NN)cc(N(CC2CC2)C2CC2)n1. The Balaban J connectivity index is 1.84. The monoisotopic (exact) mass is 263 g/mol. The van der Waals surface area contributed by atoms with Gasteiger partial charge < -0.3 is 15.1 Å². The van der Waals surface area contributed by atoms with Crippen LogP contribution in [0.5, 0.6) is 0 Å². The number of nitrogens with two attached hydrogens (primary N) is 1. The summed E-state index contributed by atoms with van der Waals surface area (Å²) < 4.78 is 5.12. The van der Waals surface area contributed by atoms with Crippen LogP contribution in [0.1, 0.15) is 31.5 Å². The van der Waals surface area contributed by atoms with E-state index in [1.165, 1.54) is 25.7 Å². The molecule has 1 heterocycles. The maximum absolute atomic E-state index is 5.49. The second kappa shape index (κ2) is 5.30. The topological polar surface area (TPSA) is 76.3 Å².